The van der Waals surface area contributed by atoms with Crippen LogP contribution in [0.3, 0.4) is 0 Å². The second kappa shape index (κ2) is 5.52. The number of hydrogen-bond donors (Lipinski definition) is 1. The molecule has 6 heteroatoms. The molecular weight excluding hydrogens is 290 g/mol. The lowest BCUT2D eigenvalue weighted by molar-refractivity contribution is 0.102. The molecule has 0 aliphatic carbocycles. The van der Waals surface area contributed by atoms with Crippen LogP contribution in [0.5, 0.6) is 0 Å². The Morgan fingerprint density at radius 1 is 1.20 bits per heavy atom. The number of nitrogens with zero attached hydrogens (tertiary/aromatic N) is 2. The minimum Gasteiger partial charge on any atom is -0.296 e. The Balaban J connectivity index is 1.97. The van der Waals surface area contributed by atoms with Crippen LogP contribution in [-0.2, 0) is 0 Å². The molecule has 1 amide bonds. The van der Waals surface area contributed by atoms with Crippen LogP contribution in [0.25, 0.3) is 11.1 Å². The first kappa shape index (κ1) is 13.0. The quantitative estimate of drug-likeness (QED) is 0.800. The molecule has 0 aliphatic rings. The number of benzene rings is 1. The molecule has 2 aromatic heterocycles. The summed E-state index contributed by atoms with van der Waals surface area (Å²) < 4.78 is 0. The standard InChI is InChI=1S/C14H11N3OS2/c1-9-12(10-5-3-2-4-6-10)11(7-19-9)13(18)16-14-17-15-8-20-14/h2-8H,1H3,(H,16,17,18). The van der Waals surface area contributed by atoms with Crippen molar-refractivity contribution in [3.8, 4) is 11.1 Å². The highest BCUT2D eigenvalue weighted by Gasteiger charge is 2.17. The molecular formula is C14H11N3OS2. The Morgan fingerprint density at radius 2 is 2.00 bits per heavy atom. The number of anilines is 1. The molecule has 0 radical (unpaired) electrons. The Labute approximate surface area is 124 Å². The summed E-state index contributed by atoms with van der Waals surface area (Å²) in [5, 5.41) is 12.7. The predicted octanol–water partition coefficient (Wildman–Crippen LogP) is 3.83. The molecule has 1 N–H and O–H groups in total. The fourth-order valence-corrected chi connectivity index (χ4v) is 3.28. The SMILES string of the molecule is Cc1scc(C(=O)Nc2nncs2)c1-c1ccccc1. The molecule has 2 heterocycles. The Hall–Kier alpha value is -2.05. The van der Waals surface area contributed by atoms with Crippen molar-refractivity contribution in [1.82, 2.24) is 10.2 Å². The lowest BCUT2D eigenvalue weighted by Crippen LogP contribution is -2.12. The maximum Gasteiger partial charge on any atom is 0.258 e. The molecule has 0 aliphatic heterocycles. The van der Waals surface area contributed by atoms with Crippen LogP contribution in [0.15, 0.2) is 41.2 Å². The van der Waals surface area contributed by atoms with Gasteiger partial charge in [-0.2, -0.15) is 0 Å². The third-order valence-corrected chi connectivity index (χ3v) is 4.38. The number of thiophene rings is 1. The van der Waals surface area contributed by atoms with Gasteiger partial charge in [0.2, 0.25) is 5.13 Å². The van der Waals surface area contributed by atoms with E-state index in [0.717, 1.165) is 16.0 Å². The third kappa shape index (κ3) is 2.48. The summed E-state index contributed by atoms with van der Waals surface area (Å²) in [5.41, 5.74) is 4.30. The van der Waals surface area contributed by atoms with Gasteiger partial charge >= 0.3 is 0 Å². The lowest BCUT2D eigenvalue weighted by Gasteiger charge is -2.05. The number of carbonyl (C=O) groups is 1. The summed E-state index contributed by atoms with van der Waals surface area (Å²) in [4.78, 5) is 13.5. The first-order chi connectivity index (χ1) is 9.75. The molecule has 100 valence electrons. The minimum absolute atomic E-state index is 0.148. The zero-order chi connectivity index (χ0) is 13.9. The Kier molecular flexibility index (Phi) is 3.58. The number of nitrogens with one attached hydrogen (secondary N) is 1. The Morgan fingerprint density at radius 3 is 2.70 bits per heavy atom. The first-order valence-electron chi connectivity index (χ1n) is 5.96. The normalized spacial score (nSPS) is 10.4. The van der Waals surface area contributed by atoms with E-state index in [-0.39, 0.29) is 5.91 Å². The number of aryl methyl sites for hydroxylation is 1. The highest BCUT2D eigenvalue weighted by molar-refractivity contribution is 7.13. The van der Waals surface area contributed by atoms with Crippen molar-refractivity contribution in [2.45, 2.75) is 6.92 Å². The van der Waals surface area contributed by atoms with Crippen LogP contribution in [0.2, 0.25) is 0 Å². The van der Waals surface area contributed by atoms with Crippen molar-refractivity contribution < 1.29 is 4.79 Å². The molecule has 0 saturated heterocycles. The number of amides is 1. The second-order valence-electron chi connectivity index (χ2n) is 4.14. The Bertz CT molecular complexity index is 720. The van der Waals surface area contributed by atoms with Crippen LogP contribution < -0.4 is 5.32 Å². The van der Waals surface area contributed by atoms with Gasteiger partial charge < -0.3 is 0 Å². The fourth-order valence-electron chi connectivity index (χ4n) is 1.98. The second-order valence-corrected chi connectivity index (χ2v) is 6.06. The van der Waals surface area contributed by atoms with E-state index in [1.807, 2.05) is 42.6 Å². The van der Waals surface area contributed by atoms with Gasteiger partial charge in [0.15, 0.2) is 0 Å². The summed E-state index contributed by atoms with van der Waals surface area (Å²) in [7, 11) is 0. The van der Waals surface area contributed by atoms with E-state index in [1.54, 1.807) is 16.8 Å². The average molecular weight is 301 g/mol. The largest absolute Gasteiger partial charge is 0.296 e. The van der Waals surface area contributed by atoms with Gasteiger partial charge in [-0.1, -0.05) is 41.7 Å². The van der Waals surface area contributed by atoms with E-state index in [1.165, 1.54) is 11.3 Å². The van der Waals surface area contributed by atoms with Gasteiger partial charge in [-0.15, -0.1) is 21.5 Å². The molecule has 0 unspecified atom stereocenters. The van der Waals surface area contributed by atoms with Crippen molar-refractivity contribution in [2.24, 2.45) is 0 Å². The van der Waals surface area contributed by atoms with Gasteiger partial charge in [0.05, 0.1) is 5.56 Å². The van der Waals surface area contributed by atoms with Gasteiger partial charge in [-0.05, 0) is 12.5 Å². The summed E-state index contributed by atoms with van der Waals surface area (Å²) in [6.07, 6.45) is 0. The molecule has 20 heavy (non-hydrogen) atoms. The van der Waals surface area contributed by atoms with E-state index in [0.29, 0.717) is 10.7 Å². The van der Waals surface area contributed by atoms with Gasteiger partial charge in [0.1, 0.15) is 5.51 Å². The van der Waals surface area contributed by atoms with Gasteiger partial charge in [0, 0.05) is 15.8 Å². The van der Waals surface area contributed by atoms with E-state index in [2.05, 4.69) is 15.5 Å². The number of aromatic nitrogens is 2. The maximum atomic E-state index is 12.4. The van der Waals surface area contributed by atoms with Crippen LogP contribution in [0.1, 0.15) is 15.2 Å². The van der Waals surface area contributed by atoms with Crippen molar-refractivity contribution in [3.05, 3.63) is 51.7 Å². The highest BCUT2D eigenvalue weighted by Crippen LogP contribution is 2.32. The summed E-state index contributed by atoms with van der Waals surface area (Å²) in [6.45, 7) is 2.02. The molecule has 0 saturated carbocycles. The molecule has 4 nitrogen and oxygen atoms in total. The van der Waals surface area contributed by atoms with E-state index < -0.39 is 0 Å². The van der Waals surface area contributed by atoms with Crippen molar-refractivity contribution in [3.63, 3.8) is 0 Å². The molecule has 0 atom stereocenters. The highest BCUT2D eigenvalue weighted by atomic mass is 32.1. The van der Waals surface area contributed by atoms with Crippen LogP contribution in [0, 0.1) is 6.92 Å². The topological polar surface area (TPSA) is 54.9 Å². The van der Waals surface area contributed by atoms with E-state index in [4.69, 9.17) is 0 Å². The average Bonchev–Trinajstić information content (AvgIpc) is 3.09. The first-order valence-corrected chi connectivity index (χ1v) is 7.72. The van der Waals surface area contributed by atoms with Crippen LogP contribution in [0.4, 0.5) is 5.13 Å². The van der Waals surface area contributed by atoms with Gasteiger partial charge in [0.25, 0.3) is 5.91 Å². The maximum absolute atomic E-state index is 12.4. The van der Waals surface area contributed by atoms with Gasteiger partial charge in [-0.25, -0.2) is 0 Å². The zero-order valence-electron chi connectivity index (χ0n) is 10.7. The molecule has 3 aromatic rings. The molecule has 0 bridgehead atoms. The third-order valence-electron chi connectivity index (χ3n) is 2.86. The molecule has 0 fully saturated rings. The zero-order valence-corrected chi connectivity index (χ0v) is 12.3. The minimum atomic E-state index is -0.148. The number of carbonyl (C=O) groups excluding carboxylic acids is 1. The summed E-state index contributed by atoms with van der Waals surface area (Å²) in [5.74, 6) is -0.148. The smallest absolute Gasteiger partial charge is 0.258 e. The number of rotatable bonds is 3. The van der Waals surface area contributed by atoms with Crippen LogP contribution in [-0.4, -0.2) is 16.1 Å². The van der Waals surface area contributed by atoms with Crippen molar-refractivity contribution in [1.29, 1.82) is 0 Å². The summed E-state index contributed by atoms with van der Waals surface area (Å²) in [6, 6.07) is 9.93. The summed E-state index contributed by atoms with van der Waals surface area (Å²) >= 11 is 2.88. The van der Waals surface area contributed by atoms with Gasteiger partial charge in [-0.3, -0.25) is 10.1 Å². The molecule has 1 aromatic carbocycles. The molecule has 0 spiro atoms. The number of hydrogen-bond acceptors (Lipinski definition) is 5. The lowest BCUT2D eigenvalue weighted by atomic mass is 10.0. The monoisotopic (exact) mass is 301 g/mol. The fraction of sp³-hybridized carbons (Fsp3) is 0.0714. The predicted molar refractivity (Wildman–Crippen MR) is 82.4 cm³/mol. The van der Waals surface area contributed by atoms with Crippen molar-refractivity contribution >= 4 is 33.7 Å². The van der Waals surface area contributed by atoms with E-state index in [9.17, 15) is 4.79 Å². The molecule has 3 rings (SSSR count). The van der Waals surface area contributed by atoms with Crippen LogP contribution >= 0.6 is 22.7 Å². The van der Waals surface area contributed by atoms with Crippen molar-refractivity contribution in [2.75, 3.05) is 5.32 Å². The van der Waals surface area contributed by atoms with E-state index >= 15 is 0 Å².